The SMILES string of the molecule is CCOC(=O)CCCCCOc1ccc(C(CC)(CC)c2ccc(/C=C/C(O)(C(F)(F)F)C(F)(F)F)c(C)c2)cc1C.CCOC(=O)CCCCCOc1ccc(C(CC)(CC)c2ccc(/C=C/C(OCOC)(C(F)(F)F)C(F)(F)F)c(C)c2)cc1C. The van der Waals surface area contributed by atoms with Gasteiger partial charge in [-0.25, -0.2) is 0 Å². The maximum atomic E-state index is 13.8. The molecule has 0 saturated heterocycles. The third-order valence-electron chi connectivity index (χ3n) is 15.8. The molecule has 0 aliphatic carbocycles. The lowest BCUT2D eigenvalue weighted by atomic mass is 9.70. The number of carbonyl (C=O) groups is 2. The summed E-state index contributed by atoms with van der Waals surface area (Å²) in [6.07, 6.45) is -13.9. The van der Waals surface area contributed by atoms with Crippen molar-refractivity contribution in [3.8, 4) is 11.5 Å². The van der Waals surface area contributed by atoms with Gasteiger partial charge in [-0.3, -0.25) is 9.59 Å². The lowest BCUT2D eigenvalue weighted by Gasteiger charge is -2.35. The first-order valence-electron chi connectivity index (χ1n) is 29.2. The number of halogens is 12. The normalized spacial score (nSPS) is 13.0. The van der Waals surface area contributed by atoms with Gasteiger partial charge < -0.3 is 33.5 Å². The molecule has 0 radical (unpaired) electrons. The molecule has 4 aromatic rings. The van der Waals surface area contributed by atoms with E-state index in [9.17, 15) is 67.4 Å². The molecule has 0 spiro atoms. The number of carbonyl (C=O) groups excluding carboxylic acids is 2. The zero-order valence-electron chi connectivity index (χ0n) is 51.5. The van der Waals surface area contributed by atoms with E-state index in [1.165, 1.54) is 12.1 Å². The largest absolute Gasteiger partial charge is 0.493 e. The summed E-state index contributed by atoms with van der Waals surface area (Å²) in [5, 5.41) is 9.46. The number of esters is 2. The standard InChI is InChI=1S/C34H44F6O5.C32H40F6O4/c1-7-31(8-2,28-16-17-29(25(5)22-28)44-20-12-10-11-13-30(41)43-9-3)27-15-14-26(24(4)21-27)18-19-32(33(35,36)37,34(38,39)40)45-23-42-6;1-6-29(7-2,26-15-16-27(23(5)21-26)42-19-11-9-10-12-28(39)41-8-3)25-14-13-24(22(4)20-25)17-18-30(40,31(33,34)35)32(36,37)38/h14-19,21-22H,7-13,20,23H2,1-6H3;13-18,20-21,40H,6-12,19H2,1-5H3/b19-18+;18-17+. The number of aliphatic hydroxyl groups is 1. The molecule has 0 saturated carbocycles. The van der Waals surface area contributed by atoms with Crippen LogP contribution in [0, 0.1) is 27.7 Å². The van der Waals surface area contributed by atoms with Crippen LogP contribution in [-0.4, -0.2) is 93.3 Å². The smallest absolute Gasteiger partial charge is 0.430 e. The van der Waals surface area contributed by atoms with Gasteiger partial charge in [0.05, 0.1) is 26.4 Å². The average Bonchev–Trinajstić information content (AvgIpc) is 0.884. The summed E-state index contributed by atoms with van der Waals surface area (Å²) in [4.78, 5) is 22.9. The number of ether oxygens (including phenoxy) is 6. The third-order valence-corrected chi connectivity index (χ3v) is 15.8. The predicted molar refractivity (Wildman–Crippen MR) is 312 cm³/mol. The van der Waals surface area contributed by atoms with Gasteiger partial charge in [-0.15, -0.1) is 0 Å². The van der Waals surface area contributed by atoms with E-state index in [2.05, 4.69) is 15.5 Å². The van der Waals surface area contributed by atoms with Crippen molar-refractivity contribution in [2.45, 2.75) is 193 Å². The Labute approximate surface area is 503 Å². The molecule has 0 heterocycles. The van der Waals surface area contributed by atoms with Crippen LogP contribution in [0.4, 0.5) is 52.7 Å². The average molecular weight is 1250 g/mol. The van der Waals surface area contributed by atoms with Crippen LogP contribution in [0.2, 0.25) is 0 Å². The van der Waals surface area contributed by atoms with Crippen molar-refractivity contribution in [1.29, 1.82) is 0 Å². The molecule has 4 aromatic carbocycles. The van der Waals surface area contributed by atoms with Crippen LogP contribution in [0.1, 0.15) is 174 Å². The van der Waals surface area contributed by atoms with Gasteiger partial charge in [0.25, 0.3) is 11.2 Å². The first-order valence-corrected chi connectivity index (χ1v) is 29.2. The molecule has 0 amide bonds. The molecule has 0 aromatic heterocycles. The summed E-state index contributed by atoms with van der Waals surface area (Å²) in [5.41, 5.74) is -3.40. The van der Waals surface area contributed by atoms with E-state index in [1.54, 1.807) is 45.9 Å². The fourth-order valence-corrected chi connectivity index (χ4v) is 10.4. The number of hydrogen-bond acceptors (Lipinski definition) is 9. The Balaban J connectivity index is 0.000000456. The lowest BCUT2D eigenvalue weighted by Crippen LogP contribution is -2.57. The lowest BCUT2D eigenvalue weighted by molar-refractivity contribution is -0.372. The summed E-state index contributed by atoms with van der Waals surface area (Å²) in [6, 6.07) is 21.9. The van der Waals surface area contributed by atoms with Crippen LogP contribution in [0.25, 0.3) is 12.2 Å². The molecule has 0 bridgehead atoms. The van der Waals surface area contributed by atoms with Crippen LogP contribution in [-0.2, 0) is 39.4 Å². The molecule has 0 aliphatic rings. The Kier molecular flexibility index (Phi) is 28.5. The van der Waals surface area contributed by atoms with Crippen molar-refractivity contribution < 1.29 is 95.8 Å². The van der Waals surface area contributed by atoms with Crippen molar-refractivity contribution in [2.24, 2.45) is 0 Å². The molecule has 21 heteroatoms. The second kappa shape index (κ2) is 33.0. The Hall–Kier alpha value is -6.06. The highest BCUT2D eigenvalue weighted by atomic mass is 19.4. The Morgan fingerprint density at radius 3 is 1.10 bits per heavy atom. The van der Waals surface area contributed by atoms with E-state index in [-0.39, 0.29) is 35.2 Å². The van der Waals surface area contributed by atoms with E-state index in [0.29, 0.717) is 82.2 Å². The second-order valence-electron chi connectivity index (χ2n) is 21.3. The van der Waals surface area contributed by atoms with Crippen molar-refractivity contribution >= 4 is 24.1 Å². The van der Waals surface area contributed by atoms with Crippen LogP contribution < -0.4 is 9.47 Å². The Morgan fingerprint density at radius 2 is 0.805 bits per heavy atom. The minimum Gasteiger partial charge on any atom is -0.493 e. The molecular weight excluding hydrogens is 1160 g/mol. The monoisotopic (exact) mass is 1250 g/mol. The highest BCUT2D eigenvalue weighted by Gasteiger charge is 2.71. The van der Waals surface area contributed by atoms with E-state index in [0.717, 1.165) is 96.6 Å². The van der Waals surface area contributed by atoms with E-state index in [1.807, 2.05) is 77.9 Å². The maximum absolute atomic E-state index is 13.8. The summed E-state index contributed by atoms with van der Waals surface area (Å²) in [7, 11) is 0.943. The Bertz CT molecular complexity index is 2830. The molecule has 0 unspecified atom stereocenters. The van der Waals surface area contributed by atoms with Crippen molar-refractivity contribution in [3.63, 3.8) is 0 Å². The molecule has 87 heavy (non-hydrogen) atoms. The highest BCUT2D eigenvalue weighted by Crippen LogP contribution is 2.49. The van der Waals surface area contributed by atoms with Gasteiger partial charge in [-0.2, -0.15) is 52.7 Å². The first-order chi connectivity index (χ1) is 40.7. The topological polar surface area (TPSA) is 110 Å². The van der Waals surface area contributed by atoms with Crippen LogP contribution in [0.5, 0.6) is 11.5 Å². The van der Waals surface area contributed by atoms with Gasteiger partial charge in [0.1, 0.15) is 18.3 Å². The van der Waals surface area contributed by atoms with Gasteiger partial charge in [-0.1, -0.05) is 101 Å². The molecule has 486 valence electrons. The summed E-state index contributed by atoms with van der Waals surface area (Å²) >= 11 is 0. The third kappa shape index (κ3) is 19.2. The fourth-order valence-electron chi connectivity index (χ4n) is 10.4. The highest BCUT2D eigenvalue weighted by molar-refractivity contribution is 5.69. The van der Waals surface area contributed by atoms with Crippen molar-refractivity contribution in [2.75, 3.05) is 40.3 Å². The van der Waals surface area contributed by atoms with Crippen molar-refractivity contribution in [1.82, 2.24) is 0 Å². The number of methoxy groups -OCH3 is 1. The van der Waals surface area contributed by atoms with Gasteiger partial charge in [0, 0.05) is 30.8 Å². The van der Waals surface area contributed by atoms with Crippen molar-refractivity contribution in [3.05, 3.63) is 141 Å². The number of alkyl halides is 12. The number of aryl methyl sites for hydroxylation is 4. The number of hydrogen-bond donors (Lipinski definition) is 1. The first kappa shape index (κ1) is 75.2. The molecule has 9 nitrogen and oxygen atoms in total. The zero-order valence-corrected chi connectivity index (χ0v) is 51.5. The molecule has 0 fully saturated rings. The van der Waals surface area contributed by atoms with Crippen LogP contribution in [0.15, 0.2) is 84.9 Å². The number of unbranched alkanes of at least 4 members (excludes halogenated alkanes) is 4. The molecule has 0 atom stereocenters. The van der Waals surface area contributed by atoms with Gasteiger partial charge in [-0.05, 0) is 186 Å². The summed E-state index contributed by atoms with van der Waals surface area (Å²) in [6.45, 7) is 19.4. The Morgan fingerprint density at radius 1 is 0.460 bits per heavy atom. The minimum atomic E-state index is -5.92. The summed E-state index contributed by atoms with van der Waals surface area (Å²) < 4.78 is 191. The zero-order chi connectivity index (χ0) is 65.7. The van der Waals surface area contributed by atoms with E-state index >= 15 is 0 Å². The molecule has 4 rings (SSSR count). The van der Waals surface area contributed by atoms with E-state index < -0.39 is 53.5 Å². The second-order valence-corrected chi connectivity index (χ2v) is 21.3. The van der Waals surface area contributed by atoms with Crippen LogP contribution in [0.3, 0.4) is 0 Å². The van der Waals surface area contributed by atoms with Gasteiger partial charge in [0.2, 0.25) is 0 Å². The van der Waals surface area contributed by atoms with Gasteiger partial charge in [0.15, 0.2) is 0 Å². The molecular formula is C66H84F12O9. The van der Waals surface area contributed by atoms with Gasteiger partial charge >= 0.3 is 36.6 Å². The molecule has 0 aliphatic heterocycles. The maximum Gasteiger partial charge on any atom is 0.430 e. The number of benzene rings is 4. The minimum absolute atomic E-state index is 0.00338. The predicted octanol–water partition coefficient (Wildman–Crippen LogP) is 18.2. The summed E-state index contributed by atoms with van der Waals surface area (Å²) in [5.74, 6) is 1.09. The molecule has 1 N–H and O–H groups in total. The van der Waals surface area contributed by atoms with E-state index in [4.69, 9.17) is 18.9 Å². The number of rotatable bonds is 31. The quantitative estimate of drug-likeness (QED) is 0.0228. The van der Waals surface area contributed by atoms with Crippen LogP contribution >= 0.6 is 0 Å². The fraction of sp³-hybridized carbons (Fsp3) is 0.545.